The van der Waals surface area contributed by atoms with Crippen LogP contribution in [0.3, 0.4) is 0 Å². The summed E-state index contributed by atoms with van der Waals surface area (Å²) >= 11 is 0. The van der Waals surface area contributed by atoms with Gasteiger partial charge in [0.2, 0.25) is 0 Å². The maximum Gasteiger partial charge on any atom is 0.306 e. The number of carbonyl (C=O) groups is 2. The molecule has 0 aromatic carbocycles. The highest BCUT2D eigenvalue weighted by Crippen LogP contribution is 2.15. The summed E-state index contributed by atoms with van der Waals surface area (Å²) in [4.78, 5) is 20.2. The third-order valence-corrected chi connectivity index (χ3v) is 1.77. The van der Waals surface area contributed by atoms with Crippen molar-refractivity contribution in [2.75, 3.05) is 6.61 Å². The van der Waals surface area contributed by atoms with Crippen LogP contribution in [0, 0.1) is 0 Å². The van der Waals surface area contributed by atoms with Crippen LogP contribution in [-0.2, 0) is 19.1 Å². The minimum absolute atomic E-state index is 0.0307. The monoisotopic (exact) mass is 202 g/mol. The minimum Gasteiger partial charge on any atom is -0.466 e. The molecule has 1 atom stereocenters. The highest BCUT2D eigenvalue weighted by atomic mass is 16.5. The van der Waals surface area contributed by atoms with E-state index in [0.29, 0.717) is 13.0 Å². The predicted molar refractivity (Wildman–Crippen MR) is 51.7 cm³/mol. The number of hydrogen-bond donors (Lipinski definition) is 0. The van der Waals surface area contributed by atoms with Crippen molar-refractivity contribution in [2.24, 2.45) is 0 Å². The molecule has 0 saturated carbocycles. The highest BCUT2D eigenvalue weighted by Gasteiger charge is 2.20. The molecule has 14 heavy (non-hydrogen) atoms. The molecule has 0 aromatic heterocycles. The van der Waals surface area contributed by atoms with E-state index in [4.69, 9.17) is 4.74 Å². The maximum absolute atomic E-state index is 10.4. The van der Waals surface area contributed by atoms with E-state index in [1.165, 1.54) is 6.92 Å². The van der Waals surface area contributed by atoms with Crippen molar-refractivity contribution in [1.82, 2.24) is 0 Å². The summed E-state index contributed by atoms with van der Waals surface area (Å²) in [6.45, 7) is 5.68. The second kappa shape index (κ2) is 7.35. The number of ether oxygens (including phenoxy) is 2. The Hall–Kier alpha value is -1.06. The average molecular weight is 202 g/mol. The summed E-state index contributed by atoms with van der Waals surface area (Å²) in [5.74, 6) is -0.241. The Balaban J connectivity index is 0.000000255. The largest absolute Gasteiger partial charge is 0.466 e. The van der Waals surface area contributed by atoms with Gasteiger partial charge in [0.25, 0.3) is 0 Å². The first-order valence-electron chi connectivity index (χ1n) is 4.93. The second-order valence-corrected chi connectivity index (χ2v) is 2.98. The van der Waals surface area contributed by atoms with Crippen molar-refractivity contribution in [3.63, 3.8) is 0 Å². The van der Waals surface area contributed by atoms with Gasteiger partial charge in [-0.1, -0.05) is 6.92 Å². The maximum atomic E-state index is 10.4. The van der Waals surface area contributed by atoms with E-state index >= 15 is 0 Å². The lowest BCUT2D eigenvalue weighted by atomic mass is 10.2. The standard InChI is InChI=1S/C6H10O2.C4H8O2/c1-2-5-3-4-6(7)8-5;1-3-6-4(2)5/h5H,2-4H2,1H3;3H2,1-2H3. The van der Waals surface area contributed by atoms with Gasteiger partial charge in [-0.15, -0.1) is 0 Å². The molecule has 0 aromatic rings. The summed E-state index contributed by atoms with van der Waals surface area (Å²) in [7, 11) is 0. The van der Waals surface area contributed by atoms with Gasteiger partial charge in [0.05, 0.1) is 6.61 Å². The van der Waals surface area contributed by atoms with Crippen molar-refractivity contribution >= 4 is 11.9 Å². The molecule has 4 nitrogen and oxygen atoms in total. The van der Waals surface area contributed by atoms with Crippen LogP contribution in [-0.4, -0.2) is 24.6 Å². The number of rotatable bonds is 2. The van der Waals surface area contributed by atoms with Crippen molar-refractivity contribution in [1.29, 1.82) is 0 Å². The highest BCUT2D eigenvalue weighted by molar-refractivity contribution is 5.71. The van der Waals surface area contributed by atoms with Crippen LogP contribution in [0.1, 0.15) is 40.0 Å². The topological polar surface area (TPSA) is 52.6 Å². The normalized spacial score (nSPS) is 19.4. The molecule has 1 aliphatic rings. The first kappa shape index (κ1) is 12.9. The van der Waals surface area contributed by atoms with Gasteiger partial charge in [-0.2, -0.15) is 0 Å². The van der Waals surface area contributed by atoms with Crippen molar-refractivity contribution < 1.29 is 19.1 Å². The lowest BCUT2D eigenvalue weighted by molar-refractivity contribution is -0.142. The SMILES string of the molecule is CCC1CCC(=O)O1.CCOC(C)=O. The van der Waals surface area contributed by atoms with Gasteiger partial charge in [-0.25, -0.2) is 0 Å². The molecule has 1 aliphatic heterocycles. The molecule has 0 radical (unpaired) electrons. The Bertz CT molecular complexity index is 189. The third-order valence-electron chi connectivity index (χ3n) is 1.77. The fourth-order valence-electron chi connectivity index (χ4n) is 1.07. The van der Waals surface area contributed by atoms with Crippen molar-refractivity contribution in [3.8, 4) is 0 Å². The molecule has 1 saturated heterocycles. The molecule has 1 heterocycles. The van der Waals surface area contributed by atoms with Gasteiger partial charge in [-0.05, 0) is 19.8 Å². The Morgan fingerprint density at radius 1 is 1.57 bits per heavy atom. The predicted octanol–water partition coefficient (Wildman–Crippen LogP) is 1.67. The quantitative estimate of drug-likeness (QED) is 0.639. The van der Waals surface area contributed by atoms with Gasteiger partial charge in [-0.3, -0.25) is 9.59 Å². The molecule has 1 rings (SSSR count). The third kappa shape index (κ3) is 6.46. The van der Waals surface area contributed by atoms with Crippen LogP contribution in [0.25, 0.3) is 0 Å². The summed E-state index contributed by atoms with van der Waals surface area (Å²) in [6.07, 6.45) is 2.74. The fourth-order valence-corrected chi connectivity index (χ4v) is 1.07. The number of hydrogen-bond acceptors (Lipinski definition) is 4. The van der Waals surface area contributed by atoms with Crippen LogP contribution >= 0.6 is 0 Å². The van der Waals surface area contributed by atoms with E-state index < -0.39 is 0 Å². The van der Waals surface area contributed by atoms with Crippen LogP contribution in [0.5, 0.6) is 0 Å². The number of cyclic esters (lactones) is 1. The van der Waals surface area contributed by atoms with Gasteiger partial charge >= 0.3 is 11.9 Å². The fraction of sp³-hybridized carbons (Fsp3) is 0.800. The summed E-state index contributed by atoms with van der Waals surface area (Å²) in [5, 5.41) is 0. The molecule has 0 spiro atoms. The molecule has 1 fully saturated rings. The van der Waals surface area contributed by atoms with Crippen molar-refractivity contribution in [2.45, 2.75) is 46.1 Å². The zero-order valence-electron chi connectivity index (χ0n) is 9.04. The smallest absolute Gasteiger partial charge is 0.306 e. The van der Waals surface area contributed by atoms with Crippen LogP contribution in [0.15, 0.2) is 0 Å². The zero-order valence-corrected chi connectivity index (χ0v) is 9.04. The van der Waals surface area contributed by atoms with E-state index in [1.807, 2.05) is 6.92 Å². The van der Waals surface area contributed by atoms with Crippen LogP contribution < -0.4 is 0 Å². The molecule has 0 amide bonds. The van der Waals surface area contributed by atoms with E-state index in [2.05, 4.69) is 4.74 Å². The molecule has 0 aliphatic carbocycles. The second-order valence-electron chi connectivity index (χ2n) is 2.98. The zero-order chi connectivity index (χ0) is 11.0. The van der Waals surface area contributed by atoms with Gasteiger partial charge in [0, 0.05) is 13.3 Å². The molecule has 0 bridgehead atoms. The Morgan fingerprint density at radius 3 is 2.36 bits per heavy atom. The van der Waals surface area contributed by atoms with E-state index in [-0.39, 0.29) is 18.0 Å². The van der Waals surface area contributed by atoms with E-state index in [0.717, 1.165) is 12.8 Å². The van der Waals surface area contributed by atoms with E-state index in [9.17, 15) is 9.59 Å². The first-order valence-corrected chi connectivity index (χ1v) is 4.93. The molecule has 1 unspecified atom stereocenters. The average Bonchev–Trinajstić information content (AvgIpc) is 2.52. The van der Waals surface area contributed by atoms with Crippen LogP contribution in [0.2, 0.25) is 0 Å². The summed E-state index contributed by atoms with van der Waals surface area (Å²) in [5.41, 5.74) is 0. The Kier molecular flexibility index (Phi) is 6.80. The summed E-state index contributed by atoms with van der Waals surface area (Å²) < 4.78 is 9.27. The van der Waals surface area contributed by atoms with Gasteiger partial charge in [0.1, 0.15) is 6.10 Å². The van der Waals surface area contributed by atoms with Crippen LogP contribution in [0.4, 0.5) is 0 Å². The lowest BCUT2D eigenvalue weighted by Crippen LogP contribution is -2.03. The summed E-state index contributed by atoms with van der Waals surface area (Å²) in [6, 6.07) is 0. The molecule has 4 heteroatoms. The minimum atomic E-state index is -0.211. The lowest BCUT2D eigenvalue weighted by Gasteiger charge is -2.01. The van der Waals surface area contributed by atoms with E-state index in [1.54, 1.807) is 6.92 Å². The van der Waals surface area contributed by atoms with Gasteiger partial charge in [0.15, 0.2) is 0 Å². The number of esters is 2. The first-order chi connectivity index (χ1) is 6.60. The van der Waals surface area contributed by atoms with Gasteiger partial charge < -0.3 is 9.47 Å². The Morgan fingerprint density at radius 2 is 2.21 bits per heavy atom. The van der Waals surface area contributed by atoms with Crippen molar-refractivity contribution in [3.05, 3.63) is 0 Å². The molecule has 82 valence electrons. The molecule has 0 N–H and O–H groups in total. The molecular formula is C10H18O4. The molecular weight excluding hydrogens is 184 g/mol. The number of carbonyl (C=O) groups excluding carboxylic acids is 2. The Labute approximate surface area is 84.6 Å².